The molecule has 1 N–H and O–H groups in total. The second-order valence-corrected chi connectivity index (χ2v) is 5.24. The predicted octanol–water partition coefficient (Wildman–Crippen LogP) is 1.78. The van der Waals surface area contributed by atoms with E-state index in [-0.39, 0.29) is 11.8 Å². The fraction of sp³-hybridized carbons (Fsp3) is 0.923. The monoisotopic (exact) mass is 224 g/mol. The quantitative estimate of drug-likeness (QED) is 0.775. The highest BCUT2D eigenvalue weighted by Crippen LogP contribution is 2.27. The first-order chi connectivity index (χ1) is 7.81. The van der Waals surface area contributed by atoms with Crippen LogP contribution in [0.25, 0.3) is 0 Å². The maximum Gasteiger partial charge on any atom is 0.224 e. The van der Waals surface area contributed by atoms with E-state index < -0.39 is 0 Å². The maximum atomic E-state index is 11.7. The highest BCUT2D eigenvalue weighted by Gasteiger charge is 2.29. The number of piperidine rings is 1. The van der Waals surface area contributed by atoms with E-state index in [4.69, 9.17) is 0 Å². The maximum absolute atomic E-state index is 11.7. The Morgan fingerprint density at radius 3 is 2.56 bits per heavy atom. The largest absolute Gasteiger partial charge is 0.359 e. The summed E-state index contributed by atoms with van der Waals surface area (Å²) in [5, 5.41) is 2.79. The molecule has 3 nitrogen and oxygen atoms in total. The lowest BCUT2D eigenvalue weighted by Crippen LogP contribution is -2.47. The van der Waals surface area contributed by atoms with E-state index in [1.165, 1.54) is 45.1 Å². The molecule has 0 aromatic carbocycles. The first-order valence-corrected chi connectivity index (χ1v) is 6.77. The van der Waals surface area contributed by atoms with Gasteiger partial charge in [-0.2, -0.15) is 0 Å². The lowest BCUT2D eigenvalue weighted by Gasteiger charge is -2.39. The van der Waals surface area contributed by atoms with Crippen LogP contribution in [-0.4, -0.2) is 37.0 Å². The van der Waals surface area contributed by atoms with Crippen molar-refractivity contribution >= 4 is 5.91 Å². The molecule has 16 heavy (non-hydrogen) atoms. The van der Waals surface area contributed by atoms with Crippen molar-refractivity contribution in [3.8, 4) is 0 Å². The van der Waals surface area contributed by atoms with Crippen LogP contribution in [0.4, 0.5) is 0 Å². The van der Waals surface area contributed by atoms with Crippen molar-refractivity contribution in [3.63, 3.8) is 0 Å². The summed E-state index contributed by atoms with van der Waals surface area (Å²) in [4.78, 5) is 14.2. The van der Waals surface area contributed by atoms with E-state index in [2.05, 4.69) is 10.2 Å². The number of nitrogens with zero attached hydrogens (tertiary/aromatic N) is 1. The van der Waals surface area contributed by atoms with Gasteiger partial charge >= 0.3 is 0 Å². The molecular formula is C13H24N2O. The van der Waals surface area contributed by atoms with E-state index in [1.807, 2.05) is 0 Å². The Kier molecular flexibility index (Phi) is 4.22. The molecule has 1 aliphatic carbocycles. The van der Waals surface area contributed by atoms with Crippen LogP contribution in [0.5, 0.6) is 0 Å². The van der Waals surface area contributed by atoms with E-state index in [0.717, 1.165) is 19.0 Å². The number of carbonyl (C=O) groups excluding carboxylic acids is 1. The minimum Gasteiger partial charge on any atom is -0.359 e. The number of nitrogens with one attached hydrogen (secondary N) is 1. The number of rotatable bonds is 2. The second-order valence-electron chi connectivity index (χ2n) is 5.24. The van der Waals surface area contributed by atoms with Gasteiger partial charge < -0.3 is 5.32 Å². The van der Waals surface area contributed by atoms with Gasteiger partial charge in [0.2, 0.25) is 5.91 Å². The Hall–Kier alpha value is -0.570. The van der Waals surface area contributed by atoms with Gasteiger partial charge in [0.05, 0.1) is 5.92 Å². The Morgan fingerprint density at radius 2 is 1.88 bits per heavy atom. The minimum atomic E-state index is 0.237. The van der Waals surface area contributed by atoms with E-state index in [1.54, 1.807) is 7.05 Å². The lowest BCUT2D eigenvalue weighted by molar-refractivity contribution is -0.126. The Bertz CT molecular complexity index is 236. The predicted molar refractivity (Wildman–Crippen MR) is 65.2 cm³/mol. The zero-order valence-electron chi connectivity index (χ0n) is 10.4. The van der Waals surface area contributed by atoms with Gasteiger partial charge in [0.1, 0.15) is 0 Å². The van der Waals surface area contributed by atoms with Crippen LogP contribution in [0.1, 0.15) is 44.9 Å². The number of hydrogen-bond donors (Lipinski definition) is 1. The first-order valence-electron chi connectivity index (χ1n) is 6.77. The summed E-state index contributed by atoms with van der Waals surface area (Å²) in [6, 6.07) is 0.765. The van der Waals surface area contributed by atoms with Crippen molar-refractivity contribution in [2.45, 2.75) is 51.0 Å². The van der Waals surface area contributed by atoms with Crippen LogP contribution in [-0.2, 0) is 4.79 Å². The Morgan fingerprint density at radius 1 is 1.12 bits per heavy atom. The zero-order valence-corrected chi connectivity index (χ0v) is 10.4. The van der Waals surface area contributed by atoms with E-state index in [9.17, 15) is 4.79 Å². The number of carbonyl (C=O) groups is 1. The van der Waals surface area contributed by atoms with Gasteiger partial charge in [-0.05, 0) is 32.2 Å². The molecule has 1 saturated carbocycles. The summed E-state index contributed by atoms with van der Waals surface area (Å²) in [6.07, 6.45) is 9.12. The molecule has 0 aromatic rings. The SMILES string of the molecule is CNC(=O)[C@H]1CCCN(C2CCCCC2)C1. The molecule has 0 bridgehead atoms. The van der Waals surface area contributed by atoms with E-state index in [0.29, 0.717) is 0 Å². The summed E-state index contributed by atoms with van der Waals surface area (Å²) in [7, 11) is 1.75. The van der Waals surface area contributed by atoms with Crippen molar-refractivity contribution < 1.29 is 4.79 Å². The second kappa shape index (κ2) is 5.67. The molecule has 0 unspecified atom stereocenters. The summed E-state index contributed by atoms with van der Waals surface area (Å²) in [5.41, 5.74) is 0. The molecule has 1 atom stereocenters. The summed E-state index contributed by atoms with van der Waals surface area (Å²) < 4.78 is 0. The van der Waals surface area contributed by atoms with Crippen LogP contribution in [0.2, 0.25) is 0 Å². The minimum absolute atomic E-state index is 0.237. The smallest absolute Gasteiger partial charge is 0.224 e. The molecule has 2 aliphatic rings. The normalized spacial score (nSPS) is 28.9. The molecule has 3 heteroatoms. The highest BCUT2D eigenvalue weighted by molar-refractivity contribution is 5.78. The number of hydrogen-bond acceptors (Lipinski definition) is 2. The zero-order chi connectivity index (χ0) is 11.4. The molecule has 1 amide bonds. The van der Waals surface area contributed by atoms with Gasteiger partial charge in [-0.1, -0.05) is 19.3 Å². The molecule has 1 aliphatic heterocycles. The van der Waals surface area contributed by atoms with Crippen molar-refractivity contribution in [2.24, 2.45) is 5.92 Å². The summed E-state index contributed by atoms with van der Waals surface area (Å²) >= 11 is 0. The molecule has 1 heterocycles. The third kappa shape index (κ3) is 2.76. The van der Waals surface area contributed by atoms with Gasteiger partial charge in [0.15, 0.2) is 0 Å². The van der Waals surface area contributed by atoms with Crippen molar-refractivity contribution in [1.82, 2.24) is 10.2 Å². The number of likely N-dealkylation sites (tertiary alicyclic amines) is 1. The van der Waals surface area contributed by atoms with Gasteiger partial charge in [0, 0.05) is 19.6 Å². The van der Waals surface area contributed by atoms with Gasteiger partial charge in [-0.3, -0.25) is 9.69 Å². The average molecular weight is 224 g/mol. The standard InChI is InChI=1S/C13H24N2O/c1-14-13(16)11-6-5-9-15(10-11)12-7-3-2-4-8-12/h11-12H,2-10H2,1H3,(H,14,16)/t11-/m0/s1. The molecule has 0 aromatic heterocycles. The molecule has 0 spiro atoms. The summed E-state index contributed by atoms with van der Waals surface area (Å²) in [6.45, 7) is 2.20. The van der Waals surface area contributed by atoms with Crippen molar-refractivity contribution in [2.75, 3.05) is 20.1 Å². The molecule has 0 radical (unpaired) electrons. The Balaban J connectivity index is 1.87. The van der Waals surface area contributed by atoms with E-state index >= 15 is 0 Å². The fourth-order valence-corrected chi connectivity index (χ4v) is 3.20. The average Bonchev–Trinajstić information content (AvgIpc) is 2.39. The molecule has 2 rings (SSSR count). The topological polar surface area (TPSA) is 32.3 Å². The van der Waals surface area contributed by atoms with Gasteiger partial charge in [-0.25, -0.2) is 0 Å². The molecule has 92 valence electrons. The molecule has 2 fully saturated rings. The fourth-order valence-electron chi connectivity index (χ4n) is 3.20. The molecular weight excluding hydrogens is 200 g/mol. The van der Waals surface area contributed by atoms with Crippen LogP contribution in [0.15, 0.2) is 0 Å². The molecule has 1 saturated heterocycles. The van der Waals surface area contributed by atoms with Crippen molar-refractivity contribution in [3.05, 3.63) is 0 Å². The van der Waals surface area contributed by atoms with Crippen LogP contribution >= 0.6 is 0 Å². The van der Waals surface area contributed by atoms with Crippen LogP contribution in [0, 0.1) is 5.92 Å². The lowest BCUT2D eigenvalue weighted by atomic mass is 9.90. The highest BCUT2D eigenvalue weighted by atomic mass is 16.1. The third-order valence-electron chi connectivity index (χ3n) is 4.16. The van der Waals surface area contributed by atoms with Crippen LogP contribution < -0.4 is 5.32 Å². The summed E-state index contributed by atoms with van der Waals surface area (Å²) in [5.74, 6) is 0.473. The van der Waals surface area contributed by atoms with Gasteiger partial charge in [-0.15, -0.1) is 0 Å². The van der Waals surface area contributed by atoms with Gasteiger partial charge in [0.25, 0.3) is 0 Å². The third-order valence-corrected chi connectivity index (χ3v) is 4.16. The first kappa shape index (κ1) is 11.9. The Labute approximate surface area is 98.6 Å². The van der Waals surface area contributed by atoms with Crippen LogP contribution in [0.3, 0.4) is 0 Å². The van der Waals surface area contributed by atoms with Crippen molar-refractivity contribution in [1.29, 1.82) is 0 Å². The number of amides is 1.